The molecule has 2 atom stereocenters. The second-order valence-corrected chi connectivity index (χ2v) is 12.3. The van der Waals surface area contributed by atoms with E-state index in [0.29, 0.717) is 0 Å². The van der Waals surface area contributed by atoms with Gasteiger partial charge in [0.2, 0.25) is 0 Å². The van der Waals surface area contributed by atoms with Crippen LogP contribution in [0.3, 0.4) is 0 Å². The zero-order valence-corrected chi connectivity index (χ0v) is 23.8. The summed E-state index contributed by atoms with van der Waals surface area (Å²) < 4.78 is 6.94. The second-order valence-electron chi connectivity index (χ2n) is 12.3. The maximum absolute atomic E-state index is 6.94. The summed E-state index contributed by atoms with van der Waals surface area (Å²) >= 11 is 0. The lowest BCUT2D eigenvalue weighted by atomic mass is 9.63. The Kier molecular flexibility index (Phi) is 5.41. The van der Waals surface area contributed by atoms with Gasteiger partial charge in [0.05, 0.1) is 0 Å². The van der Waals surface area contributed by atoms with Crippen molar-refractivity contribution in [1.82, 2.24) is 0 Å². The molecule has 1 nitrogen and oxygen atoms in total. The monoisotopic (exact) mass is 530 g/mol. The molecule has 0 spiro atoms. The van der Waals surface area contributed by atoms with Crippen LogP contribution in [0.15, 0.2) is 121 Å². The van der Waals surface area contributed by atoms with E-state index in [1.807, 2.05) is 0 Å². The lowest BCUT2D eigenvalue weighted by Crippen LogP contribution is -2.49. The Morgan fingerprint density at radius 2 is 1.05 bits per heavy atom. The number of benzene rings is 6. The third kappa shape index (κ3) is 3.55. The van der Waals surface area contributed by atoms with Crippen LogP contribution in [0, 0.1) is 0 Å². The molecule has 0 N–H and O–H groups in total. The SMILES string of the molecule is CC12CCCCC1(C)c1cccc(-c3cccc(-c4c5ccccc5c(-c5ccccc5)c5ccccc45)c3)c1O2. The van der Waals surface area contributed by atoms with E-state index in [9.17, 15) is 0 Å². The van der Waals surface area contributed by atoms with Gasteiger partial charge in [-0.05, 0) is 81.6 Å². The van der Waals surface area contributed by atoms with E-state index in [4.69, 9.17) is 4.74 Å². The molecule has 1 aliphatic heterocycles. The number of hydrogen-bond donors (Lipinski definition) is 0. The first-order chi connectivity index (χ1) is 20.1. The average Bonchev–Trinajstić information content (AvgIpc) is 3.27. The number of fused-ring (bicyclic) bond motifs is 5. The third-order valence-electron chi connectivity index (χ3n) is 10.1. The molecule has 8 rings (SSSR count). The molecular weight excluding hydrogens is 496 g/mol. The van der Waals surface area contributed by atoms with Crippen LogP contribution in [0.25, 0.3) is 54.9 Å². The predicted molar refractivity (Wildman–Crippen MR) is 173 cm³/mol. The van der Waals surface area contributed by atoms with Gasteiger partial charge in [-0.3, -0.25) is 0 Å². The van der Waals surface area contributed by atoms with E-state index >= 15 is 0 Å². The van der Waals surface area contributed by atoms with Crippen molar-refractivity contribution in [2.24, 2.45) is 0 Å². The van der Waals surface area contributed by atoms with Crippen LogP contribution < -0.4 is 4.74 Å². The number of hydrogen-bond acceptors (Lipinski definition) is 1. The van der Waals surface area contributed by atoms with Crippen LogP contribution in [-0.2, 0) is 5.41 Å². The lowest BCUT2D eigenvalue weighted by Gasteiger charge is -2.43. The smallest absolute Gasteiger partial charge is 0.131 e. The van der Waals surface area contributed by atoms with Crippen LogP contribution in [-0.4, -0.2) is 5.60 Å². The second kappa shape index (κ2) is 9.08. The van der Waals surface area contributed by atoms with Gasteiger partial charge >= 0.3 is 0 Å². The van der Waals surface area contributed by atoms with Crippen molar-refractivity contribution in [1.29, 1.82) is 0 Å². The molecule has 1 aliphatic carbocycles. The Balaban J connectivity index is 1.36. The Hall–Kier alpha value is -4.36. The van der Waals surface area contributed by atoms with Crippen LogP contribution >= 0.6 is 0 Å². The van der Waals surface area contributed by atoms with E-state index in [1.165, 1.54) is 79.8 Å². The molecule has 200 valence electrons. The molecule has 1 heterocycles. The largest absolute Gasteiger partial charge is 0.486 e. The molecule has 2 aliphatic rings. The van der Waals surface area contributed by atoms with Crippen LogP contribution in [0.4, 0.5) is 0 Å². The molecule has 0 amide bonds. The quantitative estimate of drug-likeness (QED) is 0.207. The predicted octanol–water partition coefficient (Wildman–Crippen LogP) is 11.0. The fourth-order valence-corrected chi connectivity index (χ4v) is 7.80. The molecule has 6 aromatic rings. The zero-order chi connectivity index (χ0) is 27.6. The first-order valence-corrected chi connectivity index (χ1v) is 15.0. The molecule has 0 aromatic heterocycles. The molecule has 2 unspecified atom stereocenters. The topological polar surface area (TPSA) is 9.23 Å². The van der Waals surface area contributed by atoms with Gasteiger partial charge in [0, 0.05) is 16.5 Å². The van der Waals surface area contributed by atoms with Gasteiger partial charge in [-0.2, -0.15) is 0 Å². The van der Waals surface area contributed by atoms with Crippen molar-refractivity contribution in [2.75, 3.05) is 0 Å². The summed E-state index contributed by atoms with van der Waals surface area (Å²) in [6, 6.07) is 44.5. The summed E-state index contributed by atoms with van der Waals surface area (Å²) in [6.07, 6.45) is 4.81. The van der Waals surface area contributed by atoms with E-state index in [0.717, 1.165) is 12.2 Å². The summed E-state index contributed by atoms with van der Waals surface area (Å²) in [6.45, 7) is 4.75. The van der Waals surface area contributed by atoms with Crippen molar-refractivity contribution >= 4 is 21.5 Å². The number of para-hydroxylation sites is 1. The standard InChI is InChI=1S/C40H34O/c1-39-24-10-11-25-40(39,2)41-38-30(22-13-23-35(38)39)28-16-12-17-29(26-28)37-33-20-8-6-18-31(33)36(27-14-4-3-5-15-27)32-19-7-9-21-34(32)37/h3-9,12-23,26H,10-11,24-25H2,1-2H3. The van der Waals surface area contributed by atoms with Gasteiger partial charge in [0.25, 0.3) is 0 Å². The lowest BCUT2D eigenvalue weighted by molar-refractivity contribution is 0.00769. The molecule has 41 heavy (non-hydrogen) atoms. The maximum Gasteiger partial charge on any atom is 0.131 e. The first-order valence-electron chi connectivity index (χ1n) is 15.0. The molecule has 1 saturated carbocycles. The zero-order valence-electron chi connectivity index (χ0n) is 23.8. The van der Waals surface area contributed by atoms with Crippen molar-refractivity contribution < 1.29 is 4.74 Å². The highest BCUT2D eigenvalue weighted by molar-refractivity contribution is 6.21. The third-order valence-corrected chi connectivity index (χ3v) is 10.1. The first kappa shape index (κ1) is 24.4. The molecule has 6 aromatic carbocycles. The highest BCUT2D eigenvalue weighted by Crippen LogP contribution is 2.58. The van der Waals surface area contributed by atoms with E-state index in [-0.39, 0.29) is 11.0 Å². The van der Waals surface area contributed by atoms with E-state index in [1.54, 1.807) is 0 Å². The Morgan fingerprint density at radius 1 is 0.512 bits per heavy atom. The summed E-state index contributed by atoms with van der Waals surface area (Å²) in [7, 11) is 0. The highest BCUT2D eigenvalue weighted by Gasteiger charge is 2.55. The molecular formula is C40H34O. The van der Waals surface area contributed by atoms with Gasteiger partial charge in [0.1, 0.15) is 11.4 Å². The van der Waals surface area contributed by atoms with Crippen LogP contribution in [0.1, 0.15) is 45.1 Å². The normalized spacial score (nSPS) is 21.4. The fraction of sp³-hybridized carbons (Fsp3) is 0.200. The highest BCUT2D eigenvalue weighted by atomic mass is 16.5. The van der Waals surface area contributed by atoms with Gasteiger partial charge in [0.15, 0.2) is 0 Å². The number of ether oxygens (including phenoxy) is 1. The summed E-state index contributed by atoms with van der Waals surface area (Å²) in [5, 5.41) is 5.13. The summed E-state index contributed by atoms with van der Waals surface area (Å²) in [5.74, 6) is 1.09. The Morgan fingerprint density at radius 3 is 1.73 bits per heavy atom. The Bertz CT molecular complexity index is 1890. The molecule has 1 fully saturated rings. The number of rotatable bonds is 3. The van der Waals surface area contributed by atoms with Crippen molar-refractivity contribution in [3.05, 3.63) is 127 Å². The van der Waals surface area contributed by atoms with Crippen LogP contribution in [0.5, 0.6) is 5.75 Å². The van der Waals surface area contributed by atoms with Gasteiger partial charge in [-0.15, -0.1) is 0 Å². The molecule has 0 radical (unpaired) electrons. The van der Waals surface area contributed by atoms with E-state index in [2.05, 4.69) is 135 Å². The van der Waals surface area contributed by atoms with Gasteiger partial charge in [-0.25, -0.2) is 0 Å². The van der Waals surface area contributed by atoms with Crippen LogP contribution in [0.2, 0.25) is 0 Å². The van der Waals surface area contributed by atoms with Crippen molar-refractivity contribution in [2.45, 2.75) is 50.5 Å². The summed E-state index contributed by atoms with van der Waals surface area (Å²) in [4.78, 5) is 0. The van der Waals surface area contributed by atoms with Crippen molar-refractivity contribution in [3.8, 4) is 39.1 Å². The summed E-state index contributed by atoms with van der Waals surface area (Å²) in [5.41, 5.74) is 8.80. The maximum atomic E-state index is 6.94. The Labute approximate surface area is 242 Å². The molecule has 0 bridgehead atoms. The van der Waals surface area contributed by atoms with E-state index < -0.39 is 0 Å². The minimum atomic E-state index is -0.138. The molecule has 0 saturated heterocycles. The van der Waals surface area contributed by atoms with Gasteiger partial charge in [-0.1, -0.05) is 129 Å². The fourth-order valence-electron chi connectivity index (χ4n) is 7.80. The van der Waals surface area contributed by atoms with Crippen molar-refractivity contribution in [3.63, 3.8) is 0 Å². The average molecular weight is 531 g/mol. The minimum absolute atomic E-state index is 0.0634. The van der Waals surface area contributed by atoms with Gasteiger partial charge < -0.3 is 4.74 Å². The minimum Gasteiger partial charge on any atom is -0.486 e. The molecule has 1 heteroatoms.